The third-order valence-electron chi connectivity index (χ3n) is 1.58. The highest BCUT2D eigenvalue weighted by atomic mass is 32.2. The third kappa shape index (κ3) is 3.36. The maximum absolute atomic E-state index is 10.7. The zero-order valence-corrected chi connectivity index (χ0v) is 8.40. The van der Waals surface area contributed by atoms with Crippen LogP contribution in [0, 0.1) is 6.92 Å². The van der Waals surface area contributed by atoms with Gasteiger partial charge in [0.1, 0.15) is 5.82 Å². The first kappa shape index (κ1) is 11.0. The first-order valence-electron chi connectivity index (χ1n) is 3.85. The van der Waals surface area contributed by atoms with Crippen molar-refractivity contribution in [1.82, 2.24) is 9.97 Å². The normalized spacial score (nSPS) is 13.9. The van der Waals surface area contributed by atoms with E-state index in [1.54, 1.807) is 6.92 Å². The number of hydrogen-bond donors (Lipinski definition) is 2. The Bertz CT molecular complexity index is 401. The van der Waals surface area contributed by atoms with Crippen molar-refractivity contribution in [2.75, 3.05) is 5.75 Å². The quantitative estimate of drug-likeness (QED) is 0.683. The Morgan fingerprint density at radius 2 is 2.00 bits per heavy atom. The van der Waals surface area contributed by atoms with E-state index in [0.29, 0.717) is 11.4 Å². The van der Waals surface area contributed by atoms with Gasteiger partial charge >= 0.3 is 0 Å². The van der Waals surface area contributed by atoms with Gasteiger partial charge in [0.2, 0.25) is 10.0 Å². The van der Waals surface area contributed by atoms with Crippen molar-refractivity contribution < 1.29 is 13.5 Å². The SMILES string of the molecule is Cc1ncc(C(O)CS(N)(=O)=O)cn1. The maximum atomic E-state index is 10.7. The van der Waals surface area contributed by atoms with E-state index in [9.17, 15) is 13.5 Å². The number of aliphatic hydroxyl groups excluding tert-OH is 1. The number of rotatable bonds is 3. The Balaban J connectivity index is 2.80. The highest BCUT2D eigenvalue weighted by molar-refractivity contribution is 7.89. The molecule has 1 aromatic heterocycles. The number of nitrogens with two attached hydrogens (primary N) is 1. The number of nitrogens with zero attached hydrogens (tertiary/aromatic N) is 2. The summed E-state index contributed by atoms with van der Waals surface area (Å²) in [4.78, 5) is 7.65. The smallest absolute Gasteiger partial charge is 0.211 e. The third-order valence-corrected chi connectivity index (χ3v) is 2.36. The predicted molar refractivity (Wildman–Crippen MR) is 49.7 cm³/mol. The molecule has 78 valence electrons. The van der Waals surface area contributed by atoms with Crippen molar-refractivity contribution in [1.29, 1.82) is 0 Å². The largest absolute Gasteiger partial charge is 0.387 e. The molecule has 0 aliphatic rings. The molecule has 14 heavy (non-hydrogen) atoms. The lowest BCUT2D eigenvalue weighted by Crippen LogP contribution is -2.21. The van der Waals surface area contributed by atoms with E-state index in [1.165, 1.54) is 12.4 Å². The molecule has 0 radical (unpaired) electrons. The second kappa shape index (κ2) is 3.99. The number of aryl methyl sites for hydroxylation is 1. The molecule has 0 aliphatic carbocycles. The van der Waals surface area contributed by atoms with Crippen LogP contribution in [-0.2, 0) is 10.0 Å². The summed E-state index contributed by atoms with van der Waals surface area (Å²) < 4.78 is 21.3. The van der Waals surface area contributed by atoms with Gasteiger partial charge in [-0.25, -0.2) is 23.5 Å². The highest BCUT2D eigenvalue weighted by Gasteiger charge is 2.15. The minimum Gasteiger partial charge on any atom is -0.387 e. The molecule has 3 N–H and O–H groups in total. The monoisotopic (exact) mass is 217 g/mol. The molecule has 0 aliphatic heterocycles. The Morgan fingerprint density at radius 3 is 2.43 bits per heavy atom. The number of primary sulfonamides is 1. The molecule has 1 rings (SSSR count). The summed E-state index contributed by atoms with van der Waals surface area (Å²) in [5.74, 6) is 0.0240. The standard InChI is InChI=1S/C7H11N3O3S/c1-5-9-2-6(3-10-5)7(11)4-14(8,12)13/h2-3,7,11H,4H2,1H3,(H2,8,12,13). The number of aromatic nitrogens is 2. The lowest BCUT2D eigenvalue weighted by atomic mass is 10.2. The Morgan fingerprint density at radius 1 is 1.50 bits per heavy atom. The van der Waals surface area contributed by atoms with Gasteiger partial charge in [-0.05, 0) is 6.92 Å². The molecule has 0 saturated carbocycles. The first-order valence-corrected chi connectivity index (χ1v) is 5.57. The van der Waals surface area contributed by atoms with Crippen molar-refractivity contribution in [3.63, 3.8) is 0 Å². The molecule has 7 heteroatoms. The molecule has 1 atom stereocenters. The van der Waals surface area contributed by atoms with Crippen LogP contribution in [0.1, 0.15) is 17.5 Å². The van der Waals surface area contributed by atoms with Gasteiger partial charge in [0.05, 0.1) is 11.9 Å². The van der Waals surface area contributed by atoms with Gasteiger partial charge < -0.3 is 5.11 Å². The number of aliphatic hydroxyl groups is 1. The molecule has 0 bridgehead atoms. The van der Waals surface area contributed by atoms with Crippen LogP contribution in [0.2, 0.25) is 0 Å². The molecule has 1 unspecified atom stereocenters. The second-order valence-corrected chi connectivity index (χ2v) is 4.57. The van der Waals surface area contributed by atoms with Crippen molar-refractivity contribution in [2.24, 2.45) is 5.14 Å². The van der Waals surface area contributed by atoms with Crippen molar-refractivity contribution in [3.8, 4) is 0 Å². The average molecular weight is 217 g/mol. The van der Waals surface area contributed by atoms with Crippen LogP contribution in [0.4, 0.5) is 0 Å². The Labute approximate surface area is 81.9 Å². The molecule has 6 nitrogen and oxygen atoms in total. The van der Waals surface area contributed by atoms with Crippen molar-refractivity contribution in [3.05, 3.63) is 23.8 Å². The van der Waals surface area contributed by atoms with Crippen LogP contribution in [0.25, 0.3) is 0 Å². The zero-order valence-electron chi connectivity index (χ0n) is 7.58. The second-order valence-electron chi connectivity index (χ2n) is 2.91. The average Bonchev–Trinajstić information content (AvgIpc) is 2.02. The van der Waals surface area contributed by atoms with E-state index < -0.39 is 21.9 Å². The summed E-state index contributed by atoms with van der Waals surface area (Å²) in [5, 5.41) is 14.2. The fourth-order valence-corrected chi connectivity index (χ4v) is 1.52. The zero-order chi connectivity index (χ0) is 10.8. The van der Waals surface area contributed by atoms with Crippen LogP contribution in [0.15, 0.2) is 12.4 Å². The fraction of sp³-hybridized carbons (Fsp3) is 0.429. The van der Waals surface area contributed by atoms with Crippen LogP contribution in [-0.4, -0.2) is 29.2 Å². The van der Waals surface area contributed by atoms with Gasteiger partial charge in [0.15, 0.2) is 0 Å². The van der Waals surface area contributed by atoms with E-state index >= 15 is 0 Å². The first-order chi connectivity index (χ1) is 6.38. The molecule has 0 saturated heterocycles. The van der Waals surface area contributed by atoms with Gasteiger partial charge in [-0.3, -0.25) is 0 Å². The van der Waals surface area contributed by atoms with Crippen LogP contribution < -0.4 is 5.14 Å². The van der Waals surface area contributed by atoms with E-state index in [-0.39, 0.29) is 0 Å². The molecule has 0 fully saturated rings. The molecule has 1 aromatic rings. The van der Waals surface area contributed by atoms with Crippen LogP contribution >= 0.6 is 0 Å². The summed E-state index contributed by atoms with van der Waals surface area (Å²) in [6, 6.07) is 0. The van der Waals surface area contributed by atoms with E-state index in [0.717, 1.165) is 0 Å². The van der Waals surface area contributed by atoms with Gasteiger partial charge in [-0.1, -0.05) is 0 Å². The fourth-order valence-electron chi connectivity index (χ4n) is 0.891. The Hall–Kier alpha value is -1.05. The van der Waals surface area contributed by atoms with E-state index in [2.05, 4.69) is 9.97 Å². The van der Waals surface area contributed by atoms with Gasteiger partial charge in [-0.2, -0.15) is 0 Å². The minimum absolute atomic E-state index is 0.338. The molecular formula is C7H11N3O3S. The molecular weight excluding hydrogens is 206 g/mol. The van der Waals surface area contributed by atoms with Crippen molar-refractivity contribution >= 4 is 10.0 Å². The minimum atomic E-state index is -3.69. The number of hydrogen-bond acceptors (Lipinski definition) is 5. The lowest BCUT2D eigenvalue weighted by Gasteiger charge is -2.07. The van der Waals surface area contributed by atoms with Gasteiger partial charge in [0.25, 0.3) is 0 Å². The summed E-state index contributed by atoms with van der Waals surface area (Å²) in [6.07, 6.45) is 1.57. The van der Waals surface area contributed by atoms with Gasteiger partial charge in [0, 0.05) is 18.0 Å². The van der Waals surface area contributed by atoms with Crippen molar-refractivity contribution in [2.45, 2.75) is 13.0 Å². The van der Waals surface area contributed by atoms with E-state index in [1.807, 2.05) is 0 Å². The lowest BCUT2D eigenvalue weighted by molar-refractivity contribution is 0.200. The summed E-state index contributed by atoms with van der Waals surface area (Å²) in [7, 11) is -3.69. The molecule has 0 amide bonds. The summed E-state index contributed by atoms with van der Waals surface area (Å²) in [5.41, 5.74) is 0.338. The topological polar surface area (TPSA) is 106 Å². The van der Waals surface area contributed by atoms with E-state index in [4.69, 9.17) is 5.14 Å². The summed E-state index contributed by atoms with van der Waals surface area (Å²) >= 11 is 0. The molecule has 1 heterocycles. The number of sulfonamides is 1. The van der Waals surface area contributed by atoms with Crippen LogP contribution in [0.5, 0.6) is 0 Å². The highest BCUT2D eigenvalue weighted by Crippen LogP contribution is 2.11. The molecule has 0 aromatic carbocycles. The summed E-state index contributed by atoms with van der Waals surface area (Å²) in [6.45, 7) is 1.69. The van der Waals surface area contributed by atoms with Crippen LogP contribution in [0.3, 0.4) is 0 Å². The molecule has 0 spiro atoms. The maximum Gasteiger partial charge on any atom is 0.211 e. The van der Waals surface area contributed by atoms with Gasteiger partial charge in [-0.15, -0.1) is 0 Å². The Kier molecular flexibility index (Phi) is 3.14. The predicted octanol–water partition coefficient (Wildman–Crippen LogP) is -0.893.